The zero-order valence-corrected chi connectivity index (χ0v) is 6.77. The van der Waals surface area contributed by atoms with Crippen molar-refractivity contribution in [3.05, 3.63) is 7.05 Å². The van der Waals surface area contributed by atoms with Gasteiger partial charge in [-0.3, -0.25) is 4.90 Å². The summed E-state index contributed by atoms with van der Waals surface area (Å²) in [5, 5.41) is 3.33. The Labute approximate surface area is 63.6 Å². The van der Waals surface area contributed by atoms with E-state index in [9.17, 15) is 0 Å². The summed E-state index contributed by atoms with van der Waals surface area (Å²) in [6.45, 7) is 5.62. The third-order valence-electron chi connectivity index (χ3n) is 2.06. The normalized spacial score (nSPS) is 26.1. The molecule has 1 N–H and O–H groups in total. The molecule has 59 valence electrons. The molecule has 1 atom stereocenters. The van der Waals surface area contributed by atoms with Crippen LogP contribution in [0.4, 0.5) is 0 Å². The third kappa shape index (κ3) is 1.96. The Morgan fingerprint density at radius 1 is 1.70 bits per heavy atom. The van der Waals surface area contributed by atoms with Crippen LogP contribution in [0, 0.1) is 7.05 Å². The fourth-order valence-corrected chi connectivity index (χ4v) is 1.42. The van der Waals surface area contributed by atoms with Crippen molar-refractivity contribution in [3.63, 3.8) is 0 Å². The SMILES string of the molecule is [CH2]N(CCC)C1CCNC1. The second-order valence-corrected chi connectivity index (χ2v) is 2.96. The van der Waals surface area contributed by atoms with Crippen LogP contribution in [0.5, 0.6) is 0 Å². The van der Waals surface area contributed by atoms with E-state index in [1.54, 1.807) is 0 Å². The van der Waals surface area contributed by atoms with Gasteiger partial charge in [0.2, 0.25) is 0 Å². The first-order valence-corrected chi connectivity index (χ1v) is 4.12. The molecule has 1 radical (unpaired) electrons. The van der Waals surface area contributed by atoms with E-state index in [-0.39, 0.29) is 0 Å². The molecule has 1 heterocycles. The molecule has 0 bridgehead atoms. The van der Waals surface area contributed by atoms with Crippen molar-refractivity contribution in [3.8, 4) is 0 Å². The lowest BCUT2D eigenvalue weighted by Gasteiger charge is -2.21. The highest BCUT2D eigenvalue weighted by Crippen LogP contribution is 2.06. The van der Waals surface area contributed by atoms with Crippen molar-refractivity contribution in [1.82, 2.24) is 10.2 Å². The van der Waals surface area contributed by atoms with Crippen LogP contribution in [0.25, 0.3) is 0 Å². The molecule has 10 heavy (non-hydrogen) atoms. The first kappa shape index (κ1) is 8.02. The molecular weight excluding hydrogens is 124 g/mol. The van der Waals surface area contributed by atoms with Gasteiger partial charge in [0.1, 0.15) is 0 Å². The van der Waals surface area contributed by atoms with Crippen LogP contribution in [-0.4, -0.2) is 30.6 Å². The topological polar surface area (TPSA) is 15.3 Å². The lowest BCUT2D eigenvalue weighted by Crippen LogP contribution is -2.32. The molecule has 0 aromatic carbocycles. The smallest absolute Gasteiger partial charge is 0.0233 e. The van der Waals surface area contributed by atoms with Crippen molar-refractivity contribution in [2.24, 2.45) is 0 Å². The molecule has 0 aromatic heterocycles. The highest BCUT2D eigenvalue weighted by molar-refractivity contribution is 4.79. The number of hydrogen-bond acceptors (Lipinski definition) is 2. The van der Waals surface area contributed by atoms with Gasteiger partial charge in [-0.1, -0.05) is 6.92 Å². The largest absolute Gasteiger partial charge is 0.315 e. The van der Waals surface area contributed by atoms with Gasteiger partial charge in [-0.15, -0.1) is 0 Å². The van der Waals surface area contributed by atoms with E-state index >= 15 is 0 Å². The second-order valence-electron chi connectivity index (χ2n) is 2.96. The van der Waals surface area contributed by atoms with E-state index in [1.807, 2.05) is 0 Å². The Kier molecular flexibility index (Phi) is 3.16. The Morgan fingerprint density at radius 2 is 2.50 bits per heavy atom. The van der Waals surface area contributed by atoms with Crippen LogP contribution in [0.1, 0.15) is 19.8 Å². The van der Waals surface area contributed by atoms with E-state index in [4.69, 9.17) is 0 Å². The molecule has 1 rings (SSSR count). The van der Waals surface area contributed by atoms with E-state index in [2.05, 4.69) is 24.2 Å². The summed E-state index contributed by atoms with van der Waals surface area (Å²) in [5.74, 6) is 0. The van der Waals surface area contributed by atoms with Gasteiger partial charge in [-0.25, -0.2) is 0 Å². The van der Waals surface area contributed by atoms with E-state index in [0.29, 0.717) is 6.04 Å². The lowest BCUT2D eigenvalue weighted by molar-refractivity contribution is 0.288. The van der Waals surface area contributed by atoms with Gasteiger partial charge in [0.15, 0.2) is 0 Å². The first-order chi connectivity index (χ1) is 4.84. The summed E-state index contributed by atoms with van der Waals surface area (Å²) >= 11 is 0. The van der Waals surface area contributed by atoms with Gasteiger partial charge in [-0.2, -0.15) is 0 Å². The predicted octanol–water partition coefficient (Wildman–Crippen LogP) is 0.852. The van der Waals surface area contributed by atoms with E-state index < -0.39 is 0 Å². The predicted molar refractivity (Wildman–Crippen MR) is 43.6 cm³/mol. The number of nitrogens with one attached hydrogen (secondary N) is 1. The molecule has 0 aromatic rings. The molecule has 1 saturated heterocycles. The fraction of sp³-hybridized carbons (Fsp3) is 0.875. The minimum Gasteiger partial charge on any atom is -0.315 e. The van der Waals surface area contributed by atoms with Crippen LogP contribution < -0.4 is 5.32 Å². The summed E-state index contributed by atoms with van der Waals surface area (Å²) < 4.78 is 0. The average Bonchev–Trinajstić information content (AvgIpc) is 2.38. The van der Waals surface area contributed by atoms with Gasteiger partial charge in [0.05, 0.1) is 0 Å². The van der Waals surface area contributed by atoms with Gasteiger partial charge in [0.25, 0.3) is 0 Å². The molecule has 2 nitrogen and oxygen atoms in total. The van der Waals surface area contributed by atoms with Crippen LogP contribution in [0.15, 0.2) is 0 Å². The maximum absolute atomic E-state index is 4.00. The van der Waals surface area contributed by atoms with Crippen molar-refractivity contribution in [2.75, 3.05) is 19.6 Å². The molecule has 1 aliphatic rings. The third-order valence-corrected chi connectivity index (χ3v) is 2.06. The monoisotopic (exact) mass is 141 g/mol. The standard InChI is InChI=1S/C8H17N2/c1-3-6-10(2)8-4-5-9-7-8/h8-9H,2-7H2,1H3. The number of nitrogens with zero attached hydrogens (tertiary/aromatic N) is 1. The molecule has 0 amide bonds. The Hall–Kier alpha value is -0.0800. The lowest BCUT2D eigenvalue weighted by atomic mass is 10.2. The van der Waals surface area contributed by atoms with Crippen molar-refractivity contribution in [1.29, 1.82) is 0 Å². The molecule has 1 unspecified atom stereocenters. The Balaban J connectivity index is 2.18. The average molecular weight is 141 g/mol. The molecule has 0 aliphatic carbocycles. The van der Waals surface area contributed by atoms with Gasteiger partial charge in [-0.05, 0) is 25.9 Å². The van der Waals surface area contributed by atoms with Gasteiger partial charge >= 0.3 is 0 Å². The van der Waals surface area contributed by atoms with Crippen LogP contribution >= 0.6 is 0 Å². The number of hydrogen-bond donors (Lipinski definition) is 1. The molecule has 0 spiro atoms. The maximum atomic E-state index is 4.00. The van der Waals surface area contributed by atoms with Crippen LogP contribution in [0.3, 0.4) is 0 Å². The highest BCUT2D eigenvalue weighted by Gasteiger charge is 2.17. The summed E-state index contributed by atoms with van der Waals surface area (Å²) in [5.41, 5.74) is 0. The van der Waals surface area contributed by atoms with E-state index in [0.717, 1.165) is 13.1 Å². The molecule has 1 fully saturated rings. The maximum Gasteiger partial charge on any atom is 0.0233 e. The van der Waals surface area contributed by atoms with Crippen LogP contribution in [0.2, 0.25) is 0 Å². The van der Waals surface area contributed by atoms with Gasteiger partial charge in [0, 0.05) is 19.6 Å². The van der Waals surface area contributed by atoms with Crippen LogP contribution in [-0.2, 0) is 0 Å². The number of rotatable bonds is 3. The molecular formula is C8H17N2. The minimum absolute atomic E-state index is 0.694. The Morgan fingerprint density at radius 3 is 3.00 bits per heavy atom. The Bertz CT molecular complexity index is 87.3. The fourth-order valence-electron chi connectivity index (χ4n) is 1.42. The minimum atomic E-state index is 0.694. The zero-order valence-electron chi connectivity index (χ0n) is 6.77. The van der Waals surface area contributed by atoms with Crippen molar-refractivity contribution >= 4 is 0 Å². The summed E-state index contributed by atoms with van der Waals surface area (Å²) in [7, 11) is 4.00. The highest BCUT2D eigenvalue weighted by atomic mass is 15.2. The van der Waals surface area contributed by atoms with Gasteiger partial charge < -0.3 is 5.32 Å². The summed E-state index contributed by atoms with van der Waals surface area (Å²) in [6.07, 6.45) is 2.48. The molecule has 0 saturated carbocycles. The second kappa shape index (κ2) is 3.94. The molecule has 1 aliphatic heterocycles. The quantitative estimate of drug-likeness (QED) is 0.627. The van der Waals surface area contributed by atoms with Crippen molar-refractivity contribution < 1.29 is 0 Å². The summed E-state index contributed by atoms with van der Waals surface area (Å²) in [4.78, 5) is 2.21. The van der Waals surface area contributed by atoms with E-state index in [1.165, 1.54) is 19.4 Å². The zero-order chi connectivity index (χ0) is 7.40. The summed E-state index contributed by atoms with van der Waals surface area (Å²) in [6, 6.07) is 0.694. The first-order valence-electron chi connectivity index (χ1n) is 4.12. The van der Waals surface area contributed by atoms with Crippen molar-refractivity contribution in [2.45, 2.75) is 25.8 Å². The molecule has 2 heteroatoms.